The zero-order chi connectivity index (χ0) is 27.0. The molecule has 5 rings (SSSR count). The molecule has 0 aromatic carbocycles. The summed E-state index contributed by atoms with van der Waals surface area (Å²) < 4.78 is 11.7. The zero-order valence-corrected chi connectivity index (χ0v) is 24.9. The highest BCUT2D eigenvalue weighted by molar-refractivity contribution is 5.66. The second-order valence-electron chi connectivity index (χ2n) is 15.1. The van der Waals surface area contributed by atoms with E-state index in [1.54, 1.807) is 25.0 Å². The lowest BCUT2D eigenvalue weighted by atomic mass is 9.36. The van der Waals surface area contributed by atoms with Gasteiger partial charge in [0.15, 0.2) is 0 Å². The normalized spacial score (nSPS) is 44.4. The van der Waals surface area contributed by atoms with E-state index in [0.29, 0.717) is 35.2 Å². The van der Waals surface area contributed by atoms with Gasteiger partial charge in [0.25, 0.3) is 0 Å². The Kier molecular flexibility index (Phi) is 6.72. The molecule has 208 valence electrons. The molecule has 0 aromatic heterocycles. The third-order valence-corrected chi connectivity index (χ3v) is 12.8. The average Bonchev–Trinajstić information content (AvgIpc) is 3.20. The number of rotatable bonds is 4. The van der Waals surface area contributed by atoms with E-state index in [4.69, 9.17) is 9.47 Å². The Labute approximate surface area is 225 Å². The Morgan fingerprint density at radius 3 is 2.19 bits per heavy atom. The molecule has 4 heteroatoms. The van der Waals surface area contributed by atoms with Gasteiger partial charge >= 0.3 is 11.9 Å². The highest BCUT2D eigenvalue weighted by Gasteiger charge is 2.66. The van der Waals surface area contributed by atoms with Crippen molar-refractivity contribution in [2.75, 3.05) is 6.61 Å². The van der Waals surface area contributed by atoms with Crippen LogP contribution >= 0.6 is 0 Å². The third kappa shape index (κ3) is 4.05. The van der Waals surface area contributed by atoms with Gasteiger partial charge in [-0.25, -0.2) is 0 Å². The van der Waals surface area contributed by atoms with Crippen LogP contribution in [0.1, 0.15) is 120 Å². The Hall–Kier alpha value is -1.32. The third-order valence-electron chi connectivity index (χ3n) is 12.8. The number of carbonyl (C=O) groups excluding carboxylic acids is 2. The molecule has 0 bridgehead atoms. The van der Waals surface area contributed by atoms with E-state index in [1.807, 2.05) is 0 Å². The van der Waals surface area contributed by atoms with Crippen molar-refractivity contribution in [3.63, 3.8) is 0 Å². The molecule has 8 atom stereocenters. The standard InChI is InChI=1S/C33H52O4/c1-20(2)23-11-17-33(19-36-21(3)34)18-12-25-24(29(23)33)9-10-27-31(25,7)15-13-26-30(5,6)28(37-22(4)35)14-16-32(26,27)8/h20,24-28H,9-19H2,1-8H3. The maximum Gasteiger partial charge on any atom is 0.302 e. The molecule has 4 nitrogen and oxygen atoms in total. The van der Waals surface area contributed by atoms with Crippen molar-refractivity contribution in [3.8, 4) is 0 Å². The van der Waals surface area contributed by atoms with Crippen LogP contribution in [0.3, 0.4) is 0 Å². The van der Waals surface area contributed by atoms with Gasteiger partial charge in [0.2, 0.25) is 0 Å². The lowest BCUT2D eigenvalue weighted by Crippen LogP contribution is -2.63. The van der Waals surface area contributed by atoms with Crippen molar-refractivity contribution in [1.29, 1.82) is 0 Å². The van der Waals surface area contributed by atoms with E-state index in [-0.39, 0.29) is 28.9 Å². The molecule has 0 N–H and O–H groups in total. The van der Waals surface area contributed by atoms with Gasteiger partial charge in [-0.3, -0.25) is 9.59 Å². The predicted molar refractivity (Wildman–Crippen MR) is 147 cm³/mol. The second kappa shape index (κ2) is 9.12. The molecule has 0 aliphatic heterocycles. The molecular weight excluding hydrogens is 460 g/mol. The molecule has 0 radical (unpaired) electrons. The highest BCUT2D eigenvalue weighted by Crippen LogP contribution is 2.73. The van der Waals surface area contributed by atoms with Gasteiger partial charge in [-0.15, -0.1) is 0 Å². The Balaban J connectivity index is 1.47. The van der Waals surface area contributed by atoms with E-state index < -0.39 is 0 Å². The summed E-state index contributed by atoms with van der Waals surface area (Å²) in [4.78, 5) is 23.7. The first-order valence-electron chi connectivity index (χ1n) is 15.3. The molecule has 8 unspecified atom stereocenters. The van der Waals surface area contributed by atoms with E-state index in [0.717, 1.165) is 24.7 Å². The van der Waals surface area contributed by atoms with Crippen LogP contribution in [0.2, 0.25) is 0 Å². The molecule has 37 heavy (non-hydrogen) atoms. The molecule has 5 aliphatic rings. The fourth-order valence-electron chi connectivity index (χ4n) is 11.3. The fourth-order valence-corrected chi connectivity index (χ4v) is 11.3. The smallest absolute Gasteiger partial charge is 0.302 e. The summed E-state index contributed by atoms with van der Waals surface area (Å²) >= 11 is 0. The number of esters is 2. The van der Waals surface area contributed by atoms with Crippen LogP contribution in [-0.2, 0) is 19.1 Å². The first-order chi connectivity index (χ1) is 17.3. The molecule has 0 amide bonds. The van der Waals surface area contributed by atoms with Crippen molar-refractivity contribution in [1.82, 2.24) is 0 Å². The number of carbonyl (C=O) groups is 2. The molecule has 0 heterocycles. The SMILES string of the molecule is CC(=O)OCC12CCC(C(C)C)=C1C1CCC3C(C)(CCC4C(C)(C)C(OC(C)=O)CCC43C)C1CC2. The van der Waals surface area contributed by atoms with Crippen LogP contribution in [0.4, 0.5) is 0 Å². The van der Waals surface area contributed by atoms with Gasteiger partial charge in [-0.05, 0) is 105 Å². The minimum atomic E-state index is -0.136. The number of hydrogen-bond donors (Lipinski definition) is 0. The maximum absolute atomic E-state index is 11.9. The fraction of sp³-hybridized carbons (Fsp3) is 0.879. The van der Waals surface area contributed by atoms with Gasteiger partial charge in [-0.1, -0.05) is 52.7 Å². The van der Waals surface area contributed by atoms with Crippen molar-refractivity contribution in [3.05, 3.63) is 11.1 Å². The first kappa shape index (κ1) is 27.3. The summed E-state index contributed by atoms with van der Waals surface area (Å²) in [6.45, 7) is 18.5. The Morgan fingerprint density at radius 2 is 1.54 bits per heavy atom. The molecular formula is C33H52O4. The van der Waals surface area contributed by atoms with Gasteiger partial charge in [-0.2, -0.15) is 0 Å². The quantitative estimate of drug-likeness (QED) is 0.284. The summed E-state index contributed by atoms with van der Waals surface area (Å²) in [5.41, 5.74) is 4.17. The van der Waals surface area contributed by atoms with Crippen LogP contribution in [-0.4, -0.2) is 24.6 Å². The monoisotopic (exact) mass is 512 g/mol. The topological polar surface area (TPSA) is 52.6 Å². The summed E-state index contributed by atoms with van der Waals surface area (Å²) in [5, 5.41) is 0. The van der Waals surface area contributed by atoms with Crippen LogP contribution in [0.15, 0.2) is 11.1 Å². The van der Waals surface area contributed by atoms with Crippen LogP contribution in [0.25, 0.3) is 0 Å². The van der Waals surface area contributed by atoms with Crippen molar-refractivity contribution in [2.45, 2.75) is 126 Å². The zero-order valence-electron chi connectivity index (χ0n) is 24.9. The average molecular weight is 513 g/mol. The van der Waals surface area contributed by atoms with E-state index in [9.17, 15) is 9.59 Å². The highest BCUT2D eigenvalue weighted by atomic mass is 16.5. The Bertz CT molecular complexity index is 977. The summed E-state index contributed by atoms with van der Waals surface area (Å²) in [6.07, 6.45) is 12.1. The molecule has 4 fully saturated rings. The van der Waals surface area contributed by atoms with Crippen LogP contribution in [0.5, 0.6) is 0 Å². The summed E-state index contributed by atoms with van der Waals surface area (Å²) in [5.74, 6) is 3.00. The first-order valence-corrected chi connectivity index (χ1v) is 15.3. The lowest BCUT2D eigenvalue weighted by molar-refractivity contribution is -0.212. The van der Waals surface area contributed by atoms with E-state index in [2.05, 4.69) is 41.5 Å². The minimum Gasteiger partial charge on any atom is -0.465 e. The molecule has 0 spiro atoms. The molecule has 0 aromatic rings. The number of fused-ring (bicyclic) bond motifs is 7. The van der Waals surface area contributed by atoms with Crippen molar-refractivity contribution < 1.29 is 19.1 Å². The minimum absolute atomic E-state index is 0.0153. The lowest BCUT2D eigenvalue weighted by Gasteiger charge is -2.68. The van der Waals surface area contributed by atoms with Gasteiger partial charge in [0.1, 0.15) is 12.7 Å². The van der Waals surface area contributed by atoms with Crippen molar-refractivity contribution in [2.24, 2.45) is 51.2 Å². The second-order valence-corrected chi connectivity index (χ2v) is 15.1. The Morgan fingerprint density at radius 1 is 0.838 bits per heavy atom. The predicted octanol–water partition coefficient (Wildman–Crippen LogP) is 7.89. The van der Waals surface area contributed by atoms with Crippen LogP contribution in [0, 0.1) is 51.2 Å². The number of ether oxygens (including phenoxy) is 2. The maximum atomic E-state index is 11.9. The summed E-state index contributed by atoms with van der Waals surface area (Å²) in [6, 6.07) is 0. The number of hydrogen-bond acceptors (Lipinski definition) is 4. The van der Waals surface area contributed by atoms with Gasteiger partial charge in [0, 0.05) is 24.7 Å². The molecule has 0 saturated heterocycles. The molecule has 4 saturated carbocycles. The van der Waals surface area contributed by atoms with Gasteiger partial charge in [0.05, 0.1) is 0 Å². The van der Waals surface area contributed by atoms with E-state index in [1.165, 1.54) is 51.4 Å². The summed E-state index contributed by atoms with van der Waals surface area (Å²) in [7, 11) is 0. The number of allylic oxidation sites excluding steroid dienone is 1. The largest absolute Gasteiger partial charge is 0.465 e. The van der Waals surface area contributed by atoms with Gasteiger partial charge < -0.3 is 9.47 Å². The van der Waals surface area contributed by atoms with E-state index >= 15 is 0 Å². The van der Waals surface area contributed by atoms with Crippen LogP contribution < -0.4 is 0 Å². The molecule has 5 aliphatic carbocycles. The van der Waals surface area contributed by atoms with Crippen molar-refractivity contribution >= 4 is 11.9 Å².